The van der Waals surface area contributed by atoms with Gasteiger partial charge in [-0.1, -0.05) is 6.85 Å². The van der Waals surface area contributed by atoms with Gasteiger partial charge < -0.3 is 4.90 Å². The Hall–Kier alpha value is -0.570. The molecule has 0 atom stereocenters. The minimum atomic E-state index is -3.72. The number of hydrogen-bond acceptors (Lipinski definition) is 2. The second kappa shape index (κ2) is 4.30. The first-order valence-electron chi connectivity index (χ1n) is 9.79. The van der Waals surface area contributed by atoms with Crippen LogP contribution in [0.5, 0.6) is 0 Å². The normalized spacial score (nSPS) is 48.8. The van der Waals surface area contributed by atoms with Gasteiger partial charge in [0.25, 0.3) is 0 Å². The quantitative estimate of drug-likeness (QED) is 0.727. The second-order valence-corrected chi connectivity index (χ2v) is 3.33. The number of anilines is 1. The van der Waals surface area contributed by atoms with Crippen LogP contribution in [-0.4, -0.2) is 18.0 Å². The van der Waals surface area contributed by atoms with Crippen LogP contribution in [0.1, 0.15) is 36.0 Å². The average Bonchev–Trinajstić information content (AvgIpc) is 2.42. The Kier molecular flexibility index (Phi) is 0.913. The van der Waals surface area contributed by atoms with E-state index in [0.717, 1.165) is 12.1 Å². The highest BCUT2D eigenvalue weighted by molar-refractivity contribution is 9.10. The minimum Gasteiger partial charge on any atom is -0.371 e. The summed E-state index contributed by atoms with van der Waals surface area (Å²) in [6.07, 6.45) is -6.06. The van der Waals surface area contributed by atoms with Crippen molar-refractivity contribution >= 4 is 21.6 Å². The van der Waals surface area contributed by atoms with E-state index >= 15 is 0 Å². The van der Waals surface area contributed by atoms with Crippen molar-refractivity contribution < 1.29 is 16.4 Å². The second-order valence-electron chi connectivity index (χ2n) is 2.52. The van der Waals surface area contributed by atoms with E-state index in [1.807, 2.05) is 0 Å². The van der Waals surface area contributed by atoms with Gasteiger partial charge in [-0.25, -0.2) is 4.98 Å². The fourth-order valence-electron chi connectivity index (χ4n) is 0.943. The molecule has 0 amide bonds. The molecule has 1 fully saturated rings. The largest absolute Gasteiger partial charge is 0.371 e. The summed E-state index contributed by atoms with van der Waals surface area (Å²) >= 11 is 3.02. The van der Waals surface area contributed by atoms with Gasteiger partial charge >= 0.3 is 0 Å². The van der Waals surface area contributed by atoms with E-state index in [2.05, 4.69) is 20.9 Å². The number of hydrogen-bond donors (Lipinski definition) is 0. The monoisotopic (exact) mass is 266 g/mol. The van der Waals surface area contributed by atoms with Gasteiger partial charge in [0.2, 0.25) is 0 Å². The van der Waals surface area contributed by atoms with E-state index in [1.165, 1.54) is 6.20 Å². The summed E-state index contributed by atoms with van der Waals surface area (Å²) in [5.74, 6) is -3.72. The van der Waals surface area contributed by atoms with Crippen molar-refractivity contribution in [1.82, 2.24) is 4.98 Å². The number of rotatable bonds is 1. The predicted molar refractivity (Wildman–Crippen MR) is 62.5 cm³/mol. The third-order valence-electron chi connectivity index (χ3n) is 1.55. The number of pyridine rings is 1. The number of aromatic nitrogens is 1. The molecular weight excluding hydrogens is 240 g/mol. The smallest absolute Gasteiger partial charge is 0.108 e. The molecule has 0 saturated carbocycles. The lowest BCUT2D eigenvalue weighted by molar-refractivity contribution is 0.438. The van der Waals surface area contributed by atoms with Gasteiger partial charge in [-0.05, 0) is 46.7 Å². The summed E-state index contributed by atoms with van der Waals surface area (Å²) in [7, 11) is 0. The number of nitrogens with zero attached hydrogens (tertiary/aromatic N) is 2. The first-order chi connectivity index (χ1) is 11.4. The Balaban J connectivity index is 2.89. The Morgan fingerprint density at radius 2 is 2.50 bits per heavy atom. The molecule has 0 N–H and O–H groups in total. The molecule has 0 bridgehead atoms. The molecule has 1 aliphatic rings. The lowest BCUT2D eigenvalue weighted by atomic mass is 9.99. The molecular formula is C11H15BrN2. The van der Waals surface area contributed by atoms with E-state index in [-0.39, 0.29) is 15.2 Å². The van der Waals surface area contributed by atoms with Crippen molar-refractivity contribution in [1.29, 1.82) is 0 Å². The van der Waals surface area contributed by atoms with Crippen LogP contribution >= 0.6 is 15.9 Å². The van der Waals surface area contributed by atoms with Crippen LogP contribution in [-0.2, 0) is 0 Å². The van der Waals surface area contributed by atoms with Gasteiger partial charge in [-0.3, -0.25) is 0 Å². The maximum atomic E-state index is 8.17. The molecule has 76 valence electrons. The van der Waals surface area contributed by atoms with Crippen molar-refractivity contribution in [3.05, 3.63) is 22.9 Å². The highest BCUT2D eigenvalue weighted by Crippen LogP contribution is 2.23. The molecule has 1 aromatic heterocycles. The van der Waals surface area contributed by atoms with Gasteiger partial charge in [-0.2, -0.15) is 0 Å². The Labute approximate surface area is 110 Å². The summed E-state index contributed by atoms with van der Waals surface area (Å²) in [4.78, 5) is 4.00. The van der Waals surface area contributed by atoms with E-state index < -0.39 is 38.5 Å². The third kappa shape index (κ3) is 2.27. The van der Waals surface area contributed by atoms with E-state index in [9.17, 15) is 0 Å². The van der Waals surface area contributed by atoms with Crippen molar-refractivity contribution in [3.8, 4) is 0 Å². The van der Waals surface area contributed by atoms with Crippen molar-refractivity contribution in [2.75, 3.05) is 17.9 Å². The SMILES string of the molecule is [2H]C([2H])([2H])C1([2H])C([2H])([2H])C([2H])([2H])N(c2ccnc(Br)c2)C([2H])([2H])C1([2H])[2H]. The lowest BCUT2D eigenvalue weighted by Crippen LogP contribution is -2.32. The zero-order valence-electron chi connectivity index (χ0n) is 19.0. The molecule has 0 radical (unpaired) electrons. The Bertz CT molecular complexity index is 687. The molecule has 0 aromatic carbocycles. The van der Waals surface area contributed by atoms with Gasteiger partial charge in [0, 0.05) is 41.3 Å². The van der Waals surface area contributed by atoms with Crippen LogP contribution in [0.2, 0.25) is 0 Å². The molecule has 3 heteroatoms. The van der Waals surface area contributed by atoms with Crippen LogP contribution in [0.3, 0.4) is 0 Å². The highest BCUT2D eigenvalue weighted by atomic mass is 79.9. The molecule has 0 unspecified atom stereocenters. The van der Waals surface area contributed by atoms with E-state index in [4.69, 9.17) is 16.4 Å². The molecule has 2 nitrogen and oxygen atoms in total. The van der Waals surface area contributed by atoms with Crippen LogP contribution < -0.4 is 4.90 Å². The van der Waals surface area contributed by atoms with Crippen LogP contribution in [0.4, 0.5) is 5.69 Å². The maximum absolute atomic E-state index is 8.17. The zero-order valence-corrected chi connectivity index (χ0v) is 8.59. The zero-order chi connectivity index (χ0) is 20.6. The number of piperidine rings is 1. The van der Waals surface area contributed by atoms with E-state index in [1.54, 1.807) is 0 Å². The maximum Gasteiger partial charge on any atom is 0.108 e. The van der Waals surface area contributed by atoms with Gasteiger partial charge in [0.1, 0.15) is 4.60 Å². The molecule has 1 aromatic rings. The lowest BCUT2D eigenvalue weighted by Gasteiger charge is -2.32. The standard InChI is InChI=1S/C11H15BrN2/c1-9-3-6-14(7-4-9)10-2-5-13-11(12)8-10/h2,5,8-9H,3-4,6-7H2,1H3/i1D3,3D2,4D2,6D2,7D2,9D. The summed E-state index contributed by atoms with van der Waals surface area (Å²) in [5, 5.41) is 0. The van der Waals surface area contributed by atoms with Crippen molar-refractivity contribution in [2.24, 2.45) is 5.89 Å². The fourth-order valence-corrected chi connectivity index (χ4v) is 1.30. The molecule has 0 spiro atoms. The number of halogens is 1. The Morgan fingerprint density at radius 1 is 1.71 bits per heavy atom. The fraction of sp³-hybridized carbons (Fsp3) is 0.545. The molecule has 1 saturated heterocycles. The van der Waals surface area contributed by atoms with Gasteiger partial charge in [-0.15, -0.1) is 0 Å². The van der Waals surface area contributed by atoms with E-state index in [0.29, 0.717) is 0 Å². The Morgan fingerprint density at radius 3 is 3.14 bits per heavy atom. The van der Waals surface area contributed by atoms with Gasteiger partial charge in [0.15, 0.2) is 0 Å². The topological polar surface area (TPSA) is 16.1 Å². The molecule has 2 rings (SSSR count). The molecule has 0 aliphatic carbocycles. The highest BCUT2D eigenvalue weighted by Gasteiger charge is 2.15. The summed E-state index contributed by atoms with van der Waals surface area (Å²) in [5.41, 5.74) is -0.262. The van der Waals surface area contributed by atoms with Crippen LogP contribution in [0.15, 0.2) is 22.9 Å². The minimum absolute atomic E-state index is 0.154. The van der Waals surface area contributed by atoms with Crippen molar-refractivity contribution in [2.45, 2.75) is 19.6 Å². The van der Waals surface area contributed by atoms with Gasteiger partial charge in [0.05, 0.1) is 0 Å². The van der Waals surface area contributed by atoms with Crippen molar-refractivity contribution in [3.63, 3.8) is 0 Å². The average molecular weight is 267 g/mol. The third-order valence-corrected chi connectivity index (χ3v) is 1.99. The molecule has 2 heterocycles. The van der Waals surface area contributed by atoms with Crippen LogP contribution in [0, 0.1) is 5.89 Å². The molecule has 14 heavy (non-hydrogen) atoms. The first kappa shape index (κ1) is 2.97. The summed E-state index contributed by atoms with van der Waals surface area (Å²) in [6, 6.07) is 2.28. The summed E-state index contributed by atoms with van der Waals surface area (Å²) < 4.78 is 95.7. The van der Waals surface area contributed by atoms with Crippen LogP contribution in [0.25, 0.3) is 0 Å². The first-order valence-corrected chi connectivity index (χ1v) is 4.58. The molecule has 1 aliphatic heterocycles. The predicted octanol–water partition coefficient (Wildman–Crippen LogP) is 3.08. The summed E-state index contributed by atoms with van der Waals surface area (Å²) in [6.45, 7) is -10.4.